The molecule has 1 rings (SSSR count). The molecule has 124 valence electrons. The molecular weight excluding hydrogens is 285 g/mol. The highest BCUT2D eigenvalue weighted by Gasteiger charge is 2.33. The van der Waals surface area contributed by atoms with Gasteiger partial charge in [-0.2, -0.15) is 13.2 Å². The van der Waals surface area contributed by atoms with Crippen molar-refractivity contribution in [1.82, 2.24) is 10.2 Å². The highest BCUT2D eigenvalue weighted by molar-refractivity contribution is 5.75. The average Bonchev–Trinajstić information content (AvgIpc) is 2.37. The molecule has 0 bridgehead atoms. The molecule has 4 nitrogen and oxygen atoms in total. The molecule has 0 aliphatic carbocycles. The summed E-state index contributed by atoms with van der Waals surface area (Å²) < 4.78 is 41.8. The van der Waals surface area contributed by atoms with E-state index in [2.05, 4.69) is 5.32 Å². The molecule has 1 N–H and O–H groups in total. The van der Waals surface area contributed by atoms with Crippen molar-refractivity contribution in [3.05, 3.63) is 0 Å². The number of ether oxygens (including phenoxy) is 1. The van der Waals surface area contributed by atoms with Gasteiger partial charge in [0.15, 0.2) is 0 Å². The summed E-state index contributed by atoms with van der Waals surface area (Å²) in [5, 5.41) is 3.24. The van der Waals surface area contributed by atoms with Gasteiger partial charge < -0.3 is 10.1 Å². The summed E-state index contributed by atoms with van der Waals surface area (Å²) in [6, 6.07) is -0.313. The van der Waals surface area contributed by atoms with Crippen LogP contribution in [0.25, 0.3) is 0 Å². The second-order valence-electron chi connectivity index (χ2n) is 6.04. The zero-order chi connectivity index (χ0) is 16.0. The molecular formula is C14H25F3N2O2. The third kappa shape index (κ3) is 7.13. The average molecular weight is 310 g/mol. The maximum atomic E-state index is 12.3. The van der Waals surface area contributed by atoms with Crippen LogP contribution in [-0.2, 0) is 9.53 Å². The van der Waals surface area contributed by atoms with E-state index in [0.717, 1.165) is 0 Å². The topological polar surface area (TPSA) is 41.6 Å². The Labute approximate surface area is 124 Å². The summed E-state index contributed by atoms with van der Waals surface area (Å²) in [6.07, 6.45) is -2.26. The van der Waals surface area contributed by atoms with E-state index in [0.29, 0.717) is 38.3 Å². The minimum atomic E-state index is -4.15. The third-order valence-corrected chi connectivity index (χ3v) is 3.62. The number of halogens is 3. The van der Waals surface area contributed by atoms with E-state index in [1.807, 2.05) is 13.8 Å². The van der Waals surface area contributed by atoms with Gasteiger partial charge in [0, 0.05) is 6.04 Å². The lowest BCUT2D eigenvalue weighted by Crippen LogP contribution is -2.50. The number of carbonyl (C=O) groups excluding carboxylic acids is 1. The molecule has 1 fully saturated rings. The summed E-state index contributed by atoms with van der Waals surface area (Å²) in [4.78, 5) is 13.1. The number of nitrogens with zero attached hydrogens (tertiary/aromatic N) is 1. The van der Waals surface area contributed by atoms with Gasteiger partial charge in [0.05, 0.1) is 13.7 Å². The zero-order valence-corrected chi connectivity index (χ0v) is 12.9. The molecule has 0 spiro atoms. The van der Waals surface area contributed by atoms with Crippen molar-refractivity contribution >= 4 is 5.97 Å². The van der Waals surface area contributed by atoms with E-state index >= 15 is 0 Å². The standard InChI is InChI=1S/C14H25F3N2O2/c1-10(2)8-12(13(20)21-3)18-11-4-6-19(7-5-11)9-14(15,16)17/h10-12,18H,4-9H2,1-3H3. The summed E-state index contributed by atoms with van der Waals surface area (Å²) >= 11 is 0. The Morgan fingerprint density at radius 1 is 1.33 bits per heavy atom. The van der Waals surface area contributed by atoms with E-state index in [-0.39, 0.29) is 18.1 Å². The van der Waals surface area contributed by atoms with Crippen molar-refractivity contribution in [2.45, 2.75) is 51.4 Å². The Kier molecular flexibility index (Phi) is 6.93. The van der Waals surface area contributed by atoms with Crippen LogP contribution < -0.4 is 5.32 Å². The van der Waals surface area contributed by atoms with Crippen molar-refractivity contribution in [1.29, 1.82) is 0 Å². The Morgan fingerprint density at radius 3 is 2.33 bits per heavy atom. The van der Waals surface area contributed by atoms with Crippen LogP contribution in [0.15, 0.2) is 0 Å². The number of nitrogens with one attached hydrogen (secondary N) is 1. The maximum absolute atomic E-state index is 12.3. The number of esters is 1. The van der Waals surface area contributed by atoms with E-state index < -0.39 is 12.7 Å². The smallest absolute Gasteiger partial charge is 0.401 e. The zero-order valence-electron chi connectivity index (χ0n) is 12.9. The molecule has 1 unspecified atom stereocenters. The normalized spacial score (nSPS) is 19.8. The first-order valence-electron chi connectivity index (χ1n) is 7.34. The number of methoxy groups -OCH3 is 1. The number of hydrogen-bond acceptors (Lipinski definition) is 4. The van der Waals surface area contributed by atoms with Crippen molar-refractivity contribution < 1.29 is 22.7 Å². The van der Waals surface area contributed by atoms with E-state index in [9.17, 15) is 18.0 Å². The van der Waals surface area contributed by atoms with E-state index in [4.69, 9.17) is 4.74 Å². The van der Waals surface area contributed by atoms with Crippen LogP contribution in [0.4, 0.5) is 13.2 Å². The van der Waals surface area contributed by atoms with E-state index in [1.165, 1.54) is 12.0 Å². The summed E-state index contributed by atoms with van der Waals surface area (Å²) in [7, 11) is 1.35. The Hall–Kier alpha value is -0.820. The lowest BCUT2D eigenvalue weighted by Gasteiger charge is -2.34. The van der Waals surface area contributed by atoms with Gasteiger partial charge in [0.25, 0.3) is 0 Å². The first kappa shape index (κ1) is 18.2. The minimum absolute atomic E-state index is 0.0670. The first-order valence-corrected chi connectivity index (χ1v) is 7.34. The number of carbonyl (C=O) groups is 1. The van der Waals surface area contributed by atoms with Crippen molar-refractivity contribution in [2.75, 3.05) is 26.7 Å². The van der Waals surface area contributed by atoms with Crippen LogP contribution >= 0.6 is 0 Å². The van der Waals surface area contributed by atoms with Gasteiger partial charge in [-0.3, -0.25) is 9.69 Å². The van der Waals surface area contributed by atoms with Gasteiger partial charge in [0.2, 0.25) is 0 Å². The minimum Gasteiger partial charge on any atom is -0.468 e. The first-order chi connectivity index (χ1) is 9.71. The molecule has 7 heteroatoms. The molecule has 21 heavy (non-hydrogen) atoms. The van der Waals surface area contributed by atoms with Crippen LogP contribution in [-0.4, -0.2) is 55.9 Å². The largest absolute Gasteiger partial charge is 0.468 e. The number of hydrogen-bond donors (Lipinski definition) is 1. The molecule has 0 aromatic heterocycles. The van der Waals surface area contributed by atoms with Gasteiger partial charge in [-0.1, -0.05) is 13.8 Å². The Bertz CT molecular complexity index is 327. The van der Waals surface area contributed by atoms with Crippen molar-refractivity contribution in [2.24, 2.45) is 5.92 Å². The van der Waals surface area contributed by atoms with Crippen molar-refractivity contribution in [3.63, 3.8) is 0 Å². The molecule has 1 aliphatic heterocycles. The highest BCUT2D eigenvalue weighted by Crippen LogP contribution is 2.20. The monoisotopic (exact) mass is 310 g/mol. The number of alkyl halides is 3. The summed E-state index contributed by atoms with van der Waals surface area (Å²) in [6.45, 7) is 3.97. The summed E-state index contributed by atoms with van der Waals surface area (Å²) in [5.74, 6) is 0.0355. The predicted octanol–water partition coefficient (Wildman–Crippen LogP) is 2.19. The van der Waals surface area contributed by atoms with E-state index in [1.54, 1.807) is 0 Å². The molecule has 0 radical (unpaired) electrons. The molecule has 1 saturated heterocycles. The molecule has 0 amide bonds. The molecule has 1 aliphatic rings. The fourth-order valence-corrected chi connectivity index (χ4v) is 2.64. The molecule has 1 atom stereocenters. The van der Waals surface area contributed by atoms with Crippen LogP contribution in [0.1, 0.15) is 33.1 Å². The highest BCUT2D eigenvalue weighted by atomic mass is 19.4. The van der Waals surface area contributed by atoms with Gasteiger partial charge in [-0.25, -0.2) is 0 Å². The Balaban J connectivity index is 2.43. The second-order valence-corrected chi connectivity index (χ2v) is 6.04. The molecule has 0 aromatic carbocycles. The van der Waals surface area contributed by atoms with Crippen molar-refractivity contribution in [3.8, 4) is 0 Å². The maximum Gasteiger partial charge on any atom is 0.401 e. The molecule has 1 heterocycles. The van der Waals surface area contributed by atoms with Gasteiger partial charge in [0.1, 0.15) is 6.04 Å². The van der Waals surface area contributed by atoms with Gasteiger partial charge in [-0.15, -0.1) is 0 Å². The lowest BCUT2D eigenvalue weighted by atomic mass is 9.99. The van der Waals surface area contributed by atoms with Crippen LogP contribution in [0.3, 0.4) is 0 Å². The molecule has 0 aromatic rings. The fraction of sp³-hybridized carbons (Fsp3) is 0.929. The van der Waals surface area contributed by atoms with Gasteiger partial charge in [-0.05, 0) is 38.3 Å². The molecule has 0 saturated carbocycles. The Morgan fingerprint density at radius 2 is 1.90 bits per heavy atom. The lowest BCUT2D eigenvalue weighted by molar-refractivity contribution is -0.148. The number of rotatable bonds is 6. The number of likely N-dealkylation sites (tertiary alicyclic amines) is 1. The van der Waals surface area contributed by atoms with Gasteiger partial charge >= 0.3 is 12.1 Å². The quantitative estimate of drug-likeness (QED) is 0.764. The number of piperidine rings is 1. The second kappa shape index (κ2) is 7.98. The SMILES string of the molecule is COC(=O)C(CC(C)C)NC1CCN(CC(F)(F)F)CC1. The fourth-order valence-electron chi connectivity index (χ4n) is 2.64. The summed E-state index contributed by atoms with van der Waals surface area (Å²) in [5.41, 5.74) is 0. The predicted molar refractivity (Wildman–Crippen MR) is 73.9 cm³/mol. The third-order valence-electron chi connectivity index (χ3n) is 3.62. The van der Waals surface area contributed by atoms with Crippen LogP contribution in [0.5, 0.6) is 0 Å². The van der Waals surface area contributed by atoms with Crippen LogP contribution in [0.2, 0.25) is 0 Å². The van der Waals surface area contributed by atoms with Crippen LogP contribution in [0, 0.1) is 5.92 Å².